The lowest BCUT2D eigenvalue weighted by molar-refractivity contribution is 0.0698. The SMILES string of the molecule is O=C(O)c1cscc1-c1ccc(F)cc1Cl. The largest absolute Gasteiger partial charge is 0.478 e. The van der Waals surface area contributed by atoms with E-state index in [1.807, 2.05) is 0 Å². The molecular formula is C11H6ClFO2S. The Morgan fingerprint density at radius 2 is 2.06 bits per heavy atom. The van der Waals surface area contributed by atoms with Crippen molar-refractivity contribution in [2.24, 2.45) is 0 Å². The molecule has 0 amide bonds. The molecular weight excluding hydrogens is 251 g/mol. The van der Waals surface area contributed by atoms with Crippen LogP contribution in [0.15, 0.2) is 29.0 Å². The first-order chi connectivity index (χ1) is 7.59. The van der Waals surface area contributed by atoms with E-state index in [-0.39, 0.29) is 10.6 Å². The Bertz CT molecular complexity index is 551. The van der Waals surface area contributed by atoms with E-state index >= 15 is 0 Å². The van der Waals surface area contributed by atoms with Crippen LogP contribution in [0.2, 0.25) is 5.02 Å². The Morgan fingerprint density at radius 3 is 2.69 bits per heavy atom. The maximum Gasteiger partial charge on any atom is 0.337 e. The van der Waals surface area contributed by atoms with Crippen LogP contribution in [0.4, 0.5) is 4.39 Å². The summed E-state index contributed by atoms with van der Waals surface area (Å²) in [5.74, 6) is -1.46. The Balaban J connectivity index is 2.59. The van der Waals surface area contributed by atoms with Gasteiger partial charge in [-0.2, -0.15) is 11.3 Å². The number of halogens is 2. The average molecular weight is 257 g/mol. The van der Waals surface area contributed by atoms with Crippen LogP contribution < -0.4 is 0 Å². The summed E-state index contributed by atoms with van der Waals surface area (Å²) in [6, 6.07) is 3.90. The van der Waals surface area contributed by atoms with Crippen LogP contribution >= 0.6 is 22.9 Å². The molecule has 82 valence electrons. The van der Waals surface area contributed by atoms with E-state index in [0.717, 1.165) is 0 Å². The number of rotatable bonds is 2. The van der Waals surface area contributed by atoms with Gasteiger partial charge in [-0.25, -0.2) is 9.18 Å². The lowest BCUT2D eigenvalue weighted by atomic mass is 10.0. The maximum absolute atomic E-state index is 12.9. The van der Waals surface area contributed by atoms with Gasteiger partial charge >= 0.3 is 5.97 Å². The normalized spacial score (nSPS) is 10.4. The number of aromatic carboxylic acids is 1. The molecule has 1 N–H and O–H groups in total. The highest BCUT2D eigenvalue weighted by atomic mass is 35.5. The molecule has 0 aliphatic carbocycles. The van der Waals surface area contributed by atoms with Crippen molar-refractivity contribution in [3.8, 4) is 11.1 Å². The van der Waals surface area contributed by atoms with Gasteiger partial charge < -0.3 is 5.11 Å². The molecule has 0 fully saturated rings. The molecule has 0 unspecified atom stereocenters. The molecule has 0 saturated carbocycles. The van der Waals surface area contributed by atoms with Gasteiger partial charge in [0.15, 0.2) is 0 Å². The molecule has 2 nitrogen and oxygen atoms in total. The van der Waals surface area contributed by atoms with Crippen LogP contribution in [0.25, 0.3) is 11.1 Å². The number of hydrogen-bond donors (Lipinski definition) is 1. The van der Waals surface area contributed by atoms with Gasteiger partial charge in [0, 0.05) is 16.5 Å². The van der Waals surface area contributed by atoms with Gasteiger partial charge in [-0.1, -0.05) is 11.6 Å². The lowest BCUT2D eigenvalue weighted by Crippen LogP contribution is -1.96. The first-order valence-corrected chi connectivity index (χ1v) is 5.66. The minimum atomic E-state index is -1.02. The molecule has 0 saturated heterocycles. The van der Waals surface area contributed by atoms with Crippen molar-refractivity contribution in [3.05, 3.63) is 45.4 Å². The lowest BCUT2D eigenvalue weighted by Gasteiger charge is -2.03. The highest BCUT2D eigenvalue weighted by Gasteiger charge is 2.15. The Kier molecular flexibility index (Phi) is 2.94. The molecule has 1 aromatic heterocycles. The number of carbonyl (C=O) groups is 1. The zero-order valence-electron chi connectivity index (χ0n) is 7.91. The van der Waals surface area contributed by atoms with Crippen molar-refractivity contribution >= 4 is 28.9 Å². The van der Waals surface area contributed by atoms with E-state index < -0.39 is 11.8 Å². The second kappa shape index (κ2) is 4.23. The molecule has 0 atom stereocenters. The number of benzene rings is 1. The number of carboxylic acid groups (broad SMARTS) is 1. The summed E-state index contributed by atoms with van der Waals surface area (Å²) >= 11 is 7.14. The highest BCUT2D eigenvalue weighted by Crippen LogP contribution is 2.33. The quantitative estimate of drug-likeness (QED) is 0.885. The van der Waals surface area contributed by atoms with E-state index in [4.69, 9.17) is 16.7 Å². The highest BCUT2D eigenvalue weighted by molar-refractivity contribution is 7.08. The fourth-order valence-electron chi connectivity index (χ4n) is 1.38. The molecule has 16 heavy (non-hydrogen) atoms. The third kappa shape index (κ3) is 1.94. The Morgan fingerprint density at radius 1 is 1.31 bits per heavy atom. The minimum absolute atomic E-state index is 0.179. The molecule has 1 aromatic carbocycles. The van der Waals surface area contributed by atoms with E-state index in [2.05, 4.69) is 0 Å². The maximum atomic E-state index is 12.9. The molecule has 2 aromatic rings. The standard InChI is InChI=1S/C11H6ClFO2S/c12-10-3-6(13)1-2-7(10)8-4-16-5-9(8)11(14)15/h1-5H,(H,14,15). The van der Waals surface area contributed by atoms with E-state index in [1.54, 1.807) is 5.38 Å². The summed E-state index contributed by atoms with van der Waals surface area (Å²) in [6.07, 6.45) is 0. The van der Waals surface area contributed by atoms with Gasteiger partial charge in [0.05, 0.1) is 10.6 Å². The second-order valence-electron chi connectivity index (χ2n) is 3.13. The molecule has 0 aliphatic rings. The predicted molar refractivity (Wildman–Crippen MR) is 61.7 cm³/mol. The fraction of sp³-hybridized carbons (Fsp3) is 0. The zero-order valence-corrected chi connectivity index (χ0v) is 9.48. The fourth-order valence-corrected chi connectivity index (χ4v) is 2.47. The molecule has 2 rings (SSSR count). The van der Waals surface area contributed by atoms with Crippen molar-refractivity contribution in [1.29, 1.82) is 0 Å². The number of thiophene rings is 1. The van der Waals surface area contributed by atoms with Gasteiger partial charge in [-0.15, -0.1) is 0 Å². The summed E-state index contributed by atoms with van der Waals surface area (Å²) in [4.78, 5) is 10.9. The monoisotopic (exact) mass is 256 g/mol. The molecule has 0 spiro atoms. The topological polar surface area (TPSA) is 37.3 Å². The van der Waals surface area contributed by atoms with Gasteiger partial charge in [0.1, 0.15) is 5.82 Å². The number of carboxylic acids is 1. The molecule has 0 aliphatic heterocycles. The smallest absolute Gasteiger partial charge is 0.337 e. The minimum Gasteiger partial charge on any atom is -0.478 e. The van der Waals surface area contributed by atoms with Crippen LogP contribution in [0.5, 0.6) is 0 Å². The van der Waals surface area contributed by atoms with Crippen molar-refractivity contribution in [1.82, 2.24) is 0 Å². The summed E-state index contributed by atoms with van der Waals surface area (Å²) in [5, 5.41) is 12.4. The van der Waals surface area contributed by atoms with Gasteiger partial charge in [-0.05, 0) is 23.6 Å². The van der Waals surface area contributed by atoms with Crippen molar-refractivity contribution < 1.29 is 14.3 Å². The van der Waals surface area contributed by atoms with Crippen LogP contribution in [-0.4, -0.2) is 11.1 Å². The van der Waals surface area contributed by atoms with Crippen LogP contribution in [0.3, 0.4) is 0 Å². The molecule has 0 bridgehead atoms. The first kappa shape index (κ1) is 11.1. The van der Waals surface area contributed by atoms with Crippen LogP contribution in [-0.2, 0) is 0 Å². The Hall–Kier alpha value is -1.39. The third-order valence-electron chi connectivity index (χ3n) is 2.11. The van der Waals surface area contributed by atoms with E-state index in [9.17, 15) is 9.18 Å². The van der Waals surface area contributed by atoms with Crippen LogP contribution in [0.1, 0.15) is 10.4 Å². The summed E-state index contributed by atoms with van der Waals surface area (Å²) in [6.45, 7) is 0. The summed E-state index contributed by atoms with van der Waals surface area (Å²) < 4.78 is 12.9. The third-order valence-corrected chi connectivity index (χ3v) is 3.17. The van der Waals surface area contributed by atoms with Crippen LogP contribution in [0, 0.1) is 5.82 Å². The molecule has 0 radical (unpaired) electrons. The molecule has 1 heterocycles. The van der Waals surface area contributed by atoms with Gasteiger partial charge in [-0.3, -0.25) is 0 Å². The second-order valence-corrected chi connectivity index (χ2v) is 4.28. The Labute approximate surface area is 99.9 Å². The summed E-state index contributed by atoms with van der Waals surface area (Å²) in [5.41, 5.74) is 1.22. The van der Waals surface area contributed by atoms with E-state index in [1.165, 1.54) is 34.9 Å². The predicted octanol–water partition coefficient (Wildman–Crippen LogP) is 3.91. The first-order valence-electron chi connectivity index (χ1n) is 4.34. The van der Waals surface area contributed by atoms with Crippen molar-refractivity contribution in [2.45, 2.75) is 0 Å². The average Bonchev–Trinajstić information content (AvgIpc) is 2.66. The van der Waals surface area contributed by atoms with Crippen molar-refractivity contribution in [2.75, 3.05) is 0 Å². The number of hydrogen-bond acceptors (Lipinski definition) is 2. The summed E-state index contributed by atoms with van der Waals surface area (Å²) in [7, 11) is 0. The van der Waals surface area contributed by atoms with Crippen molar-refractivity contribution in [3.63, 3.8) is 0 Å². The molecule has 5 heteroatoms. The zero-order chi connectivity index (χ0) is 11.7. The van der Waals surface area contributed by atoms with Gasteiger partial charge in [0.25, 0.3) is 0 Å². The van der Waals surface area contributed by atoms with E-state index in [0.29, 0.717) is 11.1 Å². The van der Waals surface area contributed by atoms with Gasteiger partial charge in [0.2, 0.25) is 0 Å².